The summed E-state index contributed by atoms with van der Waals surface area (Å²) in [4.78, 5) is 0.678. The van der Waals surface area contributed by atoms with Crippen LogP contribution >= 0.6 is 0 Å². The van der Waals surface area contributed by atoms with Gasteiger partial charge in [-0.05, 0) is 35.9 Å². The first kappa shape index (κ1) is 16.4. The molecular weight excluding hydrogens is 315 g/mol. The zero-order valence-corrected chi connectivity index (χ0v) is 12.5. The van der Waals surface area contributed by atoms with E-state index in [2.05, 4.69) is 10.1 Å². The number of benzene rings is 2. The van der Waals surface area contributed by atoms with Crippen LogP contribution in [0.15, 0.2) is 47.4 Å². The number of hydrogen-bond donors (Lipinski definition) is 1. The fourth-order valence-corrected chi connectivity index (χ4v) is 2.40. The fourth-order valence-electron chi connectivity index (χ4n) is 1.83. The lowest BCUT2D eigenvalue weighted by Gasteiger charge is -2.10. The van der Waals surface area contributed by atoms with Crippen LogP contribution in [0, 0.1) is 5.82 Å². The van der Waals surface area contributed by atoms with Crippen molar-refractivity contribution in [3.63, 3.8) is 0 Å². The first-order valence-corrected chi connectivity index (χ1v) is 7.92. The third kappa shape index (κ3) is 4.49. The smallest absolute Gasteiger partial charge is 0.387 e. The molecule has 1 atom stereocenters. The molecule has 3 nitrogen and oxygen atoms in total. The molecule has 118 valence electrons. The normalized spacial score (nSPS) is 12.2. The second-order valence-electron chi connectivity index (χ2n) is 4.48. The van der Waals surface area contributed by atoms with E-state index < -0.39 is 29.0 Å². The van der Waals surface area contributed by atoms with Crippen LogP contribution in [0.4, 0.5) is 18.9 Å². The maximum absolute atomic E-state index is 13.6. The second kappa shape index (κ2) is 7.31. The van der Waals surface area contributed by atoms with E-state index in [1.54, 1.807) is 30.5 Å². The van der Waals surface area contributed by atoms with Gasteiger partial charge in [0.2, 0.25) is 0 Å². The first-order valence-electron chi connectivity index (χ1n) is 6.36. The van der Waals surface area contributed by atoms with Gasteiger partial charge in [-0.2, -0.15) is 8.78 Å². The number of rotatable bonds is 6. The van der Waals surface area contributed by atoms with Crippen LogP contribution in [0.5, 0.6) is 5.75 Å². The van der Waals surface area contributed by atoms with Gasteiger partial charge in [-0.15, -0.1) is 0 Å². The molecule has 0 aromatic heterocycles. The van der Waals surface area contributed by atoms with E-state index in [-0.39, 0.29) is 0 Å². The lowest BCUT2D eigenvalue weighted by Crippen LogP contribution is -2.05. The maximum atomic E-state index is 13.6. The molecule has 7 heteroatoms. The highest BCUT2D eigenvalue weighted by atomic mass is 32.2. The molecule has 0 fully saturated rings. The number of anilines is 1. The predicted octanol–water partition coefficient (Wildman–Crippen LogP) is 3.78. The van der Waals surface area contributed by atoms with Crippen molar-refractivity contribution < 1.29 is 22.1 Å². The first-order chi connectivity index (χ1) is 10.5. The van der Waals surface area contributed by atoms with Crippen molar-refractivity contribution in [2.45, 2.75) is 18.1 Å². The van der Waals surface area contributed by atoms with E-state index in [0.29, 0.717) is 17.0 Å². The van der Waals surface area contributed by atoms with Crippen LogP contribution in [-0.2, 0) is 17.3 Å². The lowest BCUT2D eigenvalue weighted by atomic mass is 10.2. The summed E-state index contributed by atoms with van der Waals surface area (Å²) in [5.74, 6) is -1.33. The zero-order chi connectivity index (χ0) is 16.1. The Morgan fingerprint density at radius 1 is 1.23 bits per heavy atom. The highest BCUT2D eigenvalue weighted by Crippen LogP contribution is 2.21. The van der Waals surface area contributed by atoms with Crippen LogP contribution in [0.3, 0.4) is 0 Å². The molecule has 0 saturated heterocycles. The van der Waals surface area contributed by atoms with Crippen molar-refractivity contribution in [2.75, 3.05) is 11.6 Å². The van der Waals surface area contributed by atoms with Crippen molar-refractivity contribution in [3.05, 3.63) is 53.8 Å². The van der Waals surface area contributed by atoms with Crippen molar-refractivity contribution in [3.8, 4) is 5.75 Å². The van der Waals surface area contributed by atoms with Crippen LogP contribution in [0.1, 0.15) is 5.56 Å². The Bertz CT molecular complexity index is 680. The quantitative estimate of drug-likeness (QED) is 0.876. The van der Waals surface area contributed by atoms with Gasteiger partial charge < -0.3 is 10.1 Å². The predicted molar refractivity (Wildman–Crippen MR) is 79.1 cm³/mol. The van der Waals surface area contributed by atoms with E-state index in [0.717, 1.165) is 17.8 Å². The molecule has 22 heavy (non-hydrogen) atoms. The van der Waals surface area contributed by atoms with E-state index >= 15 is 0 Å². The molecule has 0 aliphatic carbocycles. The second-order valence-corrected chi connectivity index (χ2v) is 5.86. The number of nitrogens with one attached hydrogen (secondary N) is 1. The Balaban J connectivity index is 2.04. The van der Waals surface area contributed by atoms with Crippen LogP contribution in [0.2, 0.25) is 0 Å². The standard InChI is InChI=1S/C15H14F3NO2S/c1-22(20)12-4-2-3-11(8-12)19-9-10-5-6-14(13(16)7-10)21-15(17)18/h2-8,15,19H,9H2,1H3. The minimum Gasteiger partial charge on any atom is -0.432 e. The average Bonchev–Trinajstić information content (AvgIpc) is 2.47. The third-order valence-corrected chi connectivity index (χ3v) is 3.79. The van der Waals surface area contributed by atoms with Crippen molar-refractivity contribution in [1.29, 1.82) is 0 Å². The Kier molecular flexibility index (Phi) is 5.43. The minimum atomic E-state index is -3.06. The number of halogens is 3. The van der Waals surface area contributed by atoms with Crippen molar-refractivity contribution in [1.82, 2.24) is 0 Å². The molecule has 0 heterocycles. The lowest BCUT2D eigenvalue weighted by molar-refractivity contribution is -0.0522. The summed E-state index contributed by atoms with van der Waals surface area (Å²) >= 11 is 0. The van der Waals surface area contributed by atoms with E-state index in [4.69, 9.17) is 0 Å². The summed E-state index contributed by atoms with van der Waals surface area (Å²) in [5.41, 5.74) is 1.31. The Labute approximate surface area is 128 Å². The van der Waals surface area contributed by atoms with E-state index in [1.165, 1.54) is 6.07 Å². The van der Waals surface area contributed by atoms with Gasteiger partial charge in [0, 0.05) is 34.2 Å². The van der Waals surface area contributed by atoms with Crippen molar-refractivity contribution >= 4 is 16.5 Å². The molecule has 2 aromatic rings. The molecule has 0 spiro atoms. The summed E-state index contributed by atoms with van der Waals surface area (Å²) < 4.78 is 53.1. The van der Waals surface area contributed by atoms with Crippen molar-refractivity contribution in [2.24, 2.45) is 0 Å². The third-order valence-electron chi connectivity index (χ3n) is 2.87. The van der Waals surface area contributed by atoms with Crippen LogP contribution < -0.4 is 10.1 Å². The summed E-state index contributed by atoms with van der Waals surface area (Å²) in [6.45, 7) is -2.76. The Morgan fingerprint density at radius 3 is 2.64 bits per heavy atom. The minimum absolute atomic E-state index is 0.297. The molecule has 0 radical (unpaired) electrons. The number of hydrogen-bond acceptors (Lipinski definition) is 3. The molecule has 0 aliphatic rings. The van der Waals surface area contributed by atoms with Gasteiger partial charge >= 0.3 is 6.61 Å². The molecule has 2 aromatic carbocycles. The fraction of sp³-hybridized carbons (Fsp3) is 0.200. The highest BCUT2D eigenvalue weighted by Gasteiger charge is 2.10. The Morgan fingerprint density at radius 2 is 2.00 bits per heavy atom. The summed E-state index contributed by atoms with van der Waals surface area (Å²) in [5, 5.41) is 3.05. The van der Waals surface area contributed by atoms with E-state index in [1.807, 2.05) is 0 Å². The molecule has 0 saturated carbocycles. The SMILES string of the molecule is CS(=O)c1cccc(NCc2ccc(OC(F)F)c(F)c2)c1. The number of ether oxygens (including phenoxy) is 1. The van der Waals surface area contributed by atoms with Gasteiger partial charge in [0.25, 0.3) is 0 Å². The zero-order valence-electron chi connectivity index (χ0n) is 11.7. The van der Waals surface area contributed by atoms with E-state index in [9.17, 15) is 17.4 Å². The van der Waals surface area contributed by atoms with Gasteiger partial charge in [-0.3, -0.25) is 4.21 Å². The summed E-state index contributed by atoms with van der Waals surface area (Å²) in [6.07, 6.45) is 1.58. The topological polar surface area (TPSA) is 38.3 Å². The summed E-state index contributed by atoms with van der Waals surface area (Å²) in [6, 6.07) is 10.8. The largest absolute Gasteiger partial charge is 0.432 e. The highest BCUT2D eigenvalue weighted by molar-refractivity contribution is 7.84. The van der Waals surface area contributed by atoms with Gasteiger partial charge in [0.05, 0.1) is 0 Å². The molecule has 1 unspecified atom stereocenters. The molecule has 0 amide bonds. The molecule has 0 bridgehead atoms. The molecular formula is C15H14F3NO2S. The molecule has 1 N–H and O–H groups in total. The average molecular weight is 329 g/mol. The van der Waals surface area contributed by atoms with Crippen LogP contribution in [0.25, 0.3) is 0 Å². The maximum Gasteiger partial charge on any atom is 0.387 e. The monoisotopic (exact) mass is 329 g/mol. The summed E-state index contributed by atoms with van der Waals surface area (Å²) in [7, 11) is -1.09. The Hall–Kier alpha value is -2.02. The molecule has 2 rings (SSSR count). The number of alkyl halides is 2. The van der Waals surface area contributed by atoms with Gasteiger partial charge in [0.1, 0.15) is 0 Å². The van der Waals surface area contributed by atoms with Gasteiger partial charge in [0.15, 0.2) is 11.6 Å². The van der Waals surface area contributed by atoms with Gasteiger partial charge in [-0.1, -0.05) is 12.1 Å². The van der Waals surface area contributed by atoms with Crippen LogP contribution in [-0.4, -0.2) is 17.1 Å². The molecule has 0 aliphatic heterocycles. The van der Waals surface area contributed by atoms with Gasteiger partial charge in [-0.25, -0.2) is 4.39 Å².